The zero-order chi connectivity index (χ0) is 17.1. The van der Waals surface area contributed by atoms with E-state index in [0.717, 1.165) is 16.5 Å². The molecular weight excluding hydrogens is 310 g/mol. The summed E-state index contributed by atoms with van der Waals surface area (Å²) in [4.78, 5) is 10.4. The second-order valence-corrected chi connectivity index (χ2v) is 5.01. The number of nitro benzene ring substituents is 1. The number of hydrogen-bond donors (Lipinski definition) is 0. The number of ether oxygens (including phenoxy) is 3. The summed E-state index contributed by atoms with van der Waals surface area (Å²) < 4.78 is 16.5. The lowest BCUT2D eigenvalue weighted by molar-refractivity contribution is -0.384. The fourth-order valence-electron chi connectivity index (χ4n) is 2.48. The maximum absolute atomic E-state index is 10.9. The highest BCUT2D eigenvalue weighted by atomic mass is 16.6. The Labute approximate surface area is 138 Å². The summed E-state index contributed by atoms with van der Waals surface area (Å²) in [7, 11) is 3.06. The van der Waals surface area contributed by atoms with Gasteiger partial charge >= 0.3 is 0 Å². The van der Waals surface area contributed by atoms with Gasteiger partial charge in [0, 0.05) is 16.8 Å². The quantitative estimate of drug-likeness (QED) is 0.508. The molecule has 3 aromatic rings. The van der Waals surface area contributed by atoms with Crippen molar-refractivity contribution in [1.29, 1.82) is 0 Å². The van der Waals surface area contributed by atoms with E-state index in [2.05, 4.69) is 0 Å². The van der Waals surface area contributed by atoms with Crippen molar-refractivity contribution in [3.8, 4) is 23.0 Å². The lowest BCUT2D eigenvalue weighted by Gasteiger charge is -2.13. The zero-order valence-corrected chi connectivity index (χ0v) is 13.2. The van der Waals surface area contributed by atoms with E-state index >= 15 is 0 Å². The molecule has 6 heteroatoms. The van der Waals surface area contributed by atoms with Crippen LogP contribution in [0.25, 0.3) is 10.8 Å². The van der Waals surface area contributed by atoms with Gasteiger partial charge < -0.3 is 14.2 Å². The molecular formula is C18H15NO5. The van der Waals surface area contributed by atoms with E-state index in [1.165, 1.54) is 25.3 Å². The van der Waals surface area contributed by atoms with Crippen LogP contribution in [0.5, 0.6) is 23.0 Å². The Bertz CT molecular complexity index is 907. The standard InChI is InChI=1S/C18H15NO5/c1-22-15-9-10-16(14-6-4-3-5-13(14)15)24-17-8-7-12(19(20)21)11-18(17)23-2/h3-11H,1-2H3. The fraction of sp³-hybridized carbons (Fsp3) is 0.111. The van der Waals surface area contributed by atoms with Crippen molar-refractivity contribution in [3.63, 3.8) is 0 Å². The number of non-ortho nitro benzene ring substituents is 1. The molecule has 0 radical (unpaired) electrons. The van der Waals surface area contributed by atoms with Crippen LogP contribution in [0.3, 0.4) is 0 Å². The highest BCUT2D eigenvalue weighted by molar-refractivity contribution is 5.93. The van der Waals surface area contributed by atoms with Gasteiger partial charge in [0.1, 0.15) is 11.5 Å². The van der Waals surface area contributed by atoms with Gasteiger partial charge in [-0.2, -0.15) is 0 Å². The first kappa shape index (κ1) is 15.6. The molecule has 24 heavy (non-hydrogen) atoms. The van der Waals surface area contributed by atoms with Crippen molar-refractivity contribution in [2.45, 2.75) is 0 Å². The van der Waals surface area contributed by atoms with Crippen LogP contribution in [0.1, 0.15) is 0 Å². The minimum atomic E-state index is -0.477. The summed E-state index contributed by atoms with van der Waals surface area (Å²) in [6.07, 6.45) is 0. The first-order valence-electron chi connectivity index (χ1n) is 7.20. The minimum Gasteiger partial charge on any atom is -0.496 e. The molecule has 122 valence electrons. The SMILES string of the molecule is COc1cc([N+](=O)[O-])ccc1Oc1ccc(OC)c2ccccc12. The third-order valence-electron chi connectivity index (χ3n) is 3.64. The Morgan fingerprint density at radius 3 is 2.00 bits per heavy atom. The van der Waals surface area contributed by atoms with Crippen molar-refractivity contribution in [2.24, 2.45) is 0 Å². The predicted molar refractivity (Wildman–Crippen MR) is 90.2 cm³/mol. The minimum absolute atomic E-state index is 0.0567. The topological polar surface area (TPSA) is 70.8 Å². The van der Waals surface area contributed by atoms with Crippen molar-refractivity contribution >= 4 is 16.5 Å². The number of nitrogens with zero attached hydrogens (tertiary/aromatic N) is 1. The van der Waals surface area contributed by atoms with Crippen LogP contribution < -0.4 is 14.2 Å². The molecule has 0 fully saturated rings. The van der Waals surface area contributed by atoms with Crippen LogP contribution in [0.4, 0.5) is 5.69 Å². The van der Waals surface area contributed by atoms with Crippen LogP contribution >= 0.6 is 0 Å². The van der Waals surface area contributed by atoms with Crippen LogP contribution in [0, 0.1) is 10.1 Å². The molecule has 0 aliphatic rings. The number of rotatable bonds is 5. The molecule has 0 atom stereocenters. The summed E-state index contributed by atoms with van der Waals surface area (Å²) in [5.41, 5.74) is -0.0567. The lowest BCUT2D eigenvalue weighted by atomic mass is 10.1. The molecule has 0 saturated carbocycles. The zero-order valence-electron chi connectivity index (χ0n) is 13.2. The third-order valence-corrected chi connectivity index (χ3v) is 3.64. The van der Waals surface area contributed by atoms with Gasteiger partial charge in [0.15, 0.2) is 11.5 Å². The molecule has 0 amide bonds. The van der Waals surface area contributed by atoms with Crippen molar-refractivity contribution in [2.75, 3.05) is 14.2 Å². The molecule has 0 spiro atoms. The Balaban J connectivity index is 2.06. The Morgan fingerprint density at radius 2 is 1.38 bits per heavy atom. The average Bonchev–Trinajstić information content (AvgIpc) is 2.62. The van der Waals surface area contributed by atoms with Gasteiger partial charge in [-0.05, 0) is 18.2 Å². The summed E-state index contributed by atoms with van der Waals surface area (Å²) >= 11 is 0. The van der Waals surface area contributed by atoms with E-state index < -0.39 is 4.92 Å². The van der Waals surface area contributed by atoms with Crippen molar-refractivity contribution < 1.29 is 19.1 Å². The van der Waals surface area contributed by atoms with Gasteiger partial charge in [-0.1, -0.05) is 24.3 Å². The number of benzene rings is 3. The molecule has 0 aliphatic heterocycles. The Kier molecular flexibility index (Phi) is 4.20. The summed E-state index contributed by atoms with van der Waals surface area (Å²) in [5, 5.41) is 12.7. The highest BCUT2D eigenvalue weighted by Gasteiger charge is 2.15. The maximum Gasteiger partial charge on any atom is 0.273 e. The summed E-state index contributed by atoms with van der Waals surface area (Å²) in [5.74, 6) is 2.05. The number of nitro groups is 1. The molecule has 0 heterocycles. The predicted octanol–water partition coefficient (Wildman–Crippen LogP) is 4.56. The number of hydrogen-bond acceptors (Lipinski definition) is 5. The first-order valence-corrected chi connectivity index (χ1v) is 7.20. The third kappa shape index (κ3) is 2.81. The van der Waals surface area contributed by atoms with Crippen molar-refractivity contribution in [3.05, 3.63) is 64.7 Å². The fourth-order valence-corrected chi connectivity index (χ4v) is 2.48. The molecule has 0 unspecified atom stereocenters. The summed E-state index contributed by atoms with van der Waals surface area (Å²) in [6, 6.07) is 15.5. The van der Waals surface area contributed by atoms with E-state index in [9.17, 15) is 10.1 Å². The van der Waals surface area contributed by atoms with Crippen LogP contribution in [0.15, 0.2) is 54.6 Å². The second kappa shape index (κ2) is 6.45. The lowest BCUT2D eigenvalue weighted by Crippen LogP contribution is -1.94. The van der Waals surface area contributed by atoms with E-state index in [4.69, 9.17) is 14.2 Å². The van der Waals surface area contributed by atoms with Crippen LogP contribution in [-0.2, 0) is 0 Å². The van der Waals surface area contributed by atoms with E-state index in [-0.39, 0.29) is 5.69 Å². The van der Waals surface area contributed by atoms with Gasteiger partial charge in [0.25, 0.3) is 5.69 Å². The molecule has 3 aromatic carbocycles. The van der Waals surface area contributed by atoms with Gasteiger partial charge in [0.05, 0.1) is 25.2 Å². The molecule has 0 N–H and O–H groups in total. The highest BCUT2D eigenvalue weighted by Crippen LogP contribution is 2.39. The van der Waals surface area contributed by atoms with E-state index in [1.54, 1.807) is 13.2 Å². The van der Waals surface area contributed by atoms with Gasteiger partial charge in [-0.15, -0.1) is 0 Å². The van der Waals surface area contributed by atoms with E-state index in [0.29, 0.717) is 17.2 Å². The van der Waals surface area contributed by atoms with E-state index in [1.807, 2.05) is 30.3 Å². The van der Waals surface area contributed by atoms with Gasteiger partial charge in [-0.25, -0.2) is 0 Å². The monoisotopic (exact) mass is 325 g/mol. The molecule has 0 bridgehead atoms. The number of methoxy groups -OCH3 is 2. The van der Waals surface area contributed by atoms with Crippen LogP contribution in [-0.4, -0.2) is 19.1 Å². The van der Waals surface area contributed by atoms with Gasteiger partial charge in [0.2, 0.25) is 0 Å². The maximum atomic E-state index is 10.9. The largest absolute Gasteiger partial charge is 0.496 e. The molecule has 3 rings (SSSR count). The normalized spacial score (nSPS) is 10.4. The molecule has 0 saturated heterocycles. The summed E-state index contributed by atoms with van der Waals surface area (Å²) in [6.45, 7) is 0. The van der Waals surface area contributed by atoms with Gasteiger partial charge in [-0.3, -0.25) is 10.1 Å². The molecule has 0 aromatic heterocycles. The van der Waals surface area contributed by atoms with Crippen LogP contribution in [0.2, 0.25) is 0 Å². The van der Waals surface area contributed by atoms with Crippen molar-refractivity contribution in [1.82, 2.24) is 0 Å². The average molecular weight is 325 g/mol. The number of fused-ring (bicyclic) bond motifs is 1. The first-order chi connectivity index (χ1) is 11.6. The molecule has 6 nitrogen and oxygen atoms in total. The second-order valence-electron chi connectivity index (χ2n) is 5.01. The Morgan fingerprint density at radius 1 is 0.792 bits per heavy atom. The smallest absolute Gasteiger partial charge is 0.273 e. The molecule has 0 aliphatic carbocycles. The Hall–Kier alpha value is -3.28.